The van der Waals surface area contributed by atoms with Crippen molar-refractivity contribution < 1.29 is 5.21 Å². The van der Waals surface area contributed by atoms with Crippen molar-refractivity contribution in [1.29, 1.82) is 0 Å². The van der Waals surface area contributed by atoms with Crippen molar-refractivity contribution in [3.05, 3.63) is 48.3 Å². The summed E-state index contributed by atoms with van der Waals surface area (Å²) in [5, 5.41) is 19.4. The topological polar surface area (TPSA) is 63.3 Å². The van der Waals surface area contributed by atoms with E-state index in [1.54, 1.807) is 6.20 Å². The van der Waals surface area contributed by atoms with Crippen LogP contribution in [0.3, 0.4) is 0 Å². The lowest BCUT2D eigenvalue weighted by molar-refractivity contribution is 0.316. The van der Waals surface area contributed by atoms with E-state index in [1.165, 1.54) is 10.9 Å². The van der Waals surface area contributed by atoms with E-state index >= 15 is 0 Å². The quantitative estimate of drug-likeness (QED) is 0.314. The second-order valence-electron chi connectivity index (χ2n) is 2.64. The Morgan fingerprint density at radius 3 is 2.64 bits per heavy atom. The Labute approximate surface area is 80.3 Å². The molecule has 0 saturated heterocycles. The highest BCUT2D eigenvalue weighted by Crippen LogP contribution is 2.01. The molecule has 70 valence electrons. The van der Waals surface area contributed by atoms with Crippen LogP contribution in [-0.2, 0) is 0 Å². The highest BCUT2D eigenvalue weighted by atomic mass is 16.4. The fourth-order valence-corrected chi connectivity index (χ4v) is 1.14. The van der Waals surface area contributed by atoms with Gasteiger partial charge in [-0.25, -0.2) is 0 Å². The van der Waals surface area contributed by atoms with Crippen molar-refractivity contribution in [3.63, 3.8) is 0 Å². The summed E-state index contributed by atoms with van der Waals surface area (Å²) in [5.41, 5.74) is 0.778. The Balaban J connectivity index is 2.43. The summed E-state index contributed by atoms with van der Waals surface area (Å²) in [6, 6.07) is 9.27. The van der Waals surface area contributed by atoms with E-state index in [-0.39, 0.29) is 0 Å². The third-order valence-corrected chi connectivity index (χ3v) is 1.77. The Hall–Kier alpha value is -2.17. The molecule has 2 rings (SSSR count). The van der Waals surface area contributed by atoms with E-state index in [0.717, 1.165) is 5.56 Å². The molecule has 0 bridgehead atoms. The Bertz CT molecular complexity index is 421. The van der Waals surface area contributed by atoms with Gasteiger partial charge in [-0.2, -0.15) is 4.68 Å². The lowest BCUT2D eigenvalue weighted by Crippen LogP contribution is -2.14. The smallest absolute Gasteiger partial charge is 0.201 e. The number of oxime groups is 1. The van der Waals surface area contributed by atoms with Gasteiger partial charge >= 0.3 is 0 Å². The molecule has 2 aromatic rings. The molecule has 1 heterocycles. The molecule has 0 amide bonds. The number of hydrogen-bond acceptors (Lipinski definition) is 4. The van der Waals surface area contributed by atoms with Crippen LogP contribution in [0, 0.1) is 0 Å². The summed E-state index contributed by atoms with van der Waals surface area (Å²) in [5.74, 6) is 0.350. The Kier molecular flexibility index (Phi) is 2.22. The first-order valence-corrected chi connectivity index (χ1v) is 4.06. The van der Waals surface area contributed by atoms with E-state index in [1.807, 2.05) is 30.3 Å². The first-order chi connectivity index (χ1) is 6.92. The number of nitrogens with zero attached hydrogens (tertiary/aromatic N) is 4. The van der Waals surface area contributed by atoms with Gasteiger partial charge in [-0.3, -0.25) is 0 Å². The Morgan fingerprint density at radius 2 is 2.07 bits per heavy atom. The van der Waals surface area contributed by atoms with Gasteiger partial charge in [-0.1, -0.05) is 40.7 Å². The average Bonchev–Trinajstić information content (AvgIpc) is 2.74. The maximum absolute atomic E-state index is 8.85. The van der Waals surface area contributed by atoms with E-state index < -0.39 is 0 Å². The molecule has 1 aromatic heterocycles. The third kappa shape index (κ3) is 1.47. The average molecular weight is 188 g/mol. The highest BCUT2D eigenvalue weighted by molar-refractivity contribution is 5.99. The number of rotatable bonds is 1. The molecule has 0 aliphatic rings. The summed E-state index contributed by atoms with van der Waals surface area (Å²) < 4.78 is 1.40. The molecular weight excluding hydrogens is 180 g/mol. The first-order valence-electron chi connectivity index (χ1n) is 4.06. The normalized spacial score (nSPS) is 11.6. The van der Waals surface area contributed by atoms with Crippen molar-refractivity contribution in [2.75, 3.05) is 0 Å². The van der Waals surface area contributed by atoms with E-state index in [2.05, 4.69) is 15.5 Å². The molecule has 0 atom stereocenters. The molecule has 0 spiro atoms. The predicted molar refractivity (Wildman–Crippen MR) is 50.2 cm³/mol. The van der Waals surface area contributed by atoms with Gasteiger partial charge in [0.25, 0.3) is 0 Å². The third-order valence-electron chi connectivity index (χ3n) is 1.77. The zero-order chi connectivity index (χ0) is 9.80. The number of aromatic nitrogens is 3. The zero-order valence-electron chi connectivity index (χ0n) is 7.28. The fourth-order valence-electron chi connectivity index (χ4n) is 1.14. The lowest BCUT2D eigenvalue weighted by atomic mass is 10.2. The van der Waals surface area contributed by atoms with Gasteiger partial charge < -0.3 is 5.21 Å². The van der Waals surface area contributed by atoms with E-state index in [9.17, 15) is 0 Å². The SMILES string of the molecule is ON=C(c1ccccc1)n1ccnn1. The van der Waals surface area contributed by atoms with Crippen LogP contribution in [0.2, 0.25) is 0 Å². The van der Waals surface area contributed by atoms with Crippen LogP contribution in [0.25, 0.3) is 0 Å². The second kappa shape index (κ2) is 3.69. The summed E-state index contributed by atoms with van der Waals surface area (Å²) in [6.45, 7) is 0. The van der Waals surface area contributed by atoms with Gasteiger partial charge in [0.05, 0.1) is 12.4 Å². The molecule has 0 saturated carbocycles. The minimum absolute atomic E-state index is 0.350. The van der Waals surface area contributed by atoms with Gasteiger partial charge in [0.1, 0.15) is 0 Å². The Morgan fingerprint density at radius 1 is 1.29 bits per heavy atom. The number of hydrogen-bond donors (Lipinski definition) is 1. The van der Waals surface area contributed by atoms with Gasteiger partial charge in [0.2, 0.25) is 5.84 Å². The van der Waals surface area contributed by atoms with Crippen LogP contribution in [0.1, 0.15) is 5.56 Å². The maximum atomic E-state index is 8.85. The molecule has 14 heavy (non-hydrogen) atoms. The van der Waals surface area contributed by atoms with Crippen LogP contribution >= 0.6 is 0 Å². The largest absolute Gasteiger partial charge is 0.409 e. The van der Waals surface area contributed by atoms with Gasteiger partial charge in [-0.15, -0.1) is 5.10 Å². The highest BCUT2D eigenvalue weighted by Gasteiger charge is 2.05. The minimum Gasteiger partial charge on any atom is -0.409 e. The van der Waals surface area contributed by atoms with Gasteiger partial charge in [0, 0.05) is 5.56 Å². The monoisotopic (exact) mass is 188 g/mol. The van der Waals surface area contributed by atoms with Crippen molar-refractivity contribution in [2.45, 2.75) is 0 Å². The molecule has 1 aromatic carbocycles. The van der Waals surface area contributed by atoms with Gasteiger partial charge in [0.15, 0.2) is 0 Å². The van der Waals surface area contributed by atoms with Crippen LogP contribution < -0.4 is 0 Å². The zero-order valence-corrected chi connectivity index (χ0v) is 7.28. The summed E-state index contributed by atoms with van der Waals surface area (Å²) in [4.78, 5) is 0. The molecule has 0 aliphatic heterocycles. The minimum atomic E-state index is 0.350. The van der Waals surface area contributed by atoms with Crippen molar-refractivity contribution >= 4 is 5.84 Å². The molecule has 0 unspecified atom stereocenters. The molecule has 0 radical (unpaired) electrons. The molecule has 1 N–H and O–H groups in total. The molecular formula is C9H8N4O. The molecule has 0 aliphatic carbocycles. The van der Waals surface area contributed by atoms with E-state index in [0.29, 0.717) is 5.84 Å². The second-order valence-corrected chi connectivity index (χ2v) is 2.64. The summed E-state index contributed by atoms with van der Waals surface area (Å²) in [6.07, 6.45) is 3.14. The molecule has 0 fully saturated rings. The predicted octanol–water partition coefficient (Wildman–Crippen LogP) is 0.962. The summed E-state index contributed by atoms with van der Waals surface area (Å²) >= 11 is 0. The van der Waals surface area contributed by atoms with Crippen molar-refractivity contribution in [1.82, 2.24) is 15.0 Å². The number of benzene rings is 1. The van der Waals surface area contributed by atoms with Gasteiger partial charge in [-0.05, 0) is 0 Å². The standard InChI is InChI=1S/C9H8N4O/c14-11-9(13-7-6-10-12-13)8-4-2-1-3-5-8/h1-7,14H. The van der Waals surface area contributed by atoms with Crippen LogP contribution in [0.15, 0.2) is 47.9 Å². The fraction of sp³-hybridized carbons (Fsp3) is 0. The van der Waals surface area contributed by atoms with Crippen LogP contribution in [0.5, 0.6) is 0 Å². The lowest BCUT2D eigenvalue weighted by Gasteiger charge is -2.01. The van der Waals surface area contributed by atoms with Crippen molar-refractivity contribution in [3.8, 4) is 0 Å². The molecule has 5 nitrogen and oxygen atoms in total. The first kappa shape index (κ1) is 8.43. The van der Waals surface area contributed by atoms with Crippen LogP contribution in [0.4, 0.5) is 0 Å². The van der Waals surface area contributed by atoms with Crippen molar-refractivity contribution in [2.24, 2.45) is 5.16 Å². The van der Waals surface area contributed by atoms with E-state index in [4.69, 9.17) is 5.21 Å². The van der Waals surface area contributed by atoms with Crippen LogP contribution in [-0.4, -0.2) is 26.0 Å². The molecule has 5 heteroatoms. The summed E-state index contributed by atoms with van der Waals surface area (Å²) in [7, 11) is 0. The maximum Gasteiger partial charge on any atom is 0.201 e.